The number of rotatable bonds is 3. The lowest BCUT2D eigenvalue weighted by Gasteiger charge is -2.15. The third kappa shape index (κ3) is 2.49. The Morgan fingerprint density at radius 3 is 3.13 bits per heavy atom. The highest BCUT2D eigenvalue weighted by molar-refractivity contribution is 5.99. The first-order chi connectivity index (χ1) is 7.40. The summed E-state index contributed by atoms with van der Waals surface area (Å²) in [5.41, 5.74) is 1.11. The molecule has 0 unspecified atom stereocenters. The van der Waals surface area contributed by atoms with Crippen molar-refractivity contribution < 1.29 is 4.74 Å². The molecule has 2 rings (SSSR count). The normalized spacial score (nSPS) is 15.4. The molecule has 1 aliphatic heterocycles. The van der Waals surface area contributed by atoms with E-state index in [0.29, 0.717) is 6.61 Å². The molecule has 0 aliphatic carbocycles. The first-order valence-electron chi connectivity index (χ1n) is 5.41. The zero-order valence-corrected chi connectivity index (χ0v) is 8.99. The van der Waals surface area contributed by atoms with E-state index in [4.69, 9.17) is 4.74 Å². The lowest BCUT2D eigenvalue weighted by atomic mass is 10.1. The summed E-state index contributed by atoms with van der Waals surface area (Å²) in [6, 6.07) is 8.05. The summed E-state index contributed by atoms with van der Waals surface area (Å²) in [6.07, 6.45) is 1.12. The lowest BCUT2D eigenvalue weighted by molar-refractivity contribution is 0.340. The smallest absolute Gasteiger partial charge is 0.128 e. The molecular formula is C12H16N2O. The third-order valence-corrected chi connectivity index (χ3v) is 2.32. The van der Waals surface area contributed by atoms with E-state index in [2.05, 4.69) is 16.4 Å². The summed E-state index contributed by atoms with van der Waals surface area (Å²) in [7, 11) is 0. The minimum Gasteiger partial charge on any atom is -0.494 e. The van der Waals surface area contributed by atoms with Gasteiger partial charge in [0.05, 0.1) is 6.61 Å². The van der Waals surface area contributed by atoms with Gasteiger partial charge in [-0.1, -0.05) is 12.1 Å². The minimum absolute atomic E-state index is 0.698. The van der Waals surface area contributed by atoms with Crippen LogP contribution in [0, 0.1) is 0 Å². The number of amidine groups is 1. The summed E-state index contributed by atoms with van der Waals surface area (Å²) in [5, 5.41) is 3.30. The highest BCUT2D eigenvalue weighted by Crippen LogP contribution is 2.14. The van der Waals surface area contributed by atoms with Gasteiger partial charge in [-0.25, -0.2) is 0 Å². The van der Waals surface area contributed by atoms with E-state index < -0.39 is 0 Å². The van der Waals surface area contributed by atoms with Crippen molar-refractivity contribution in [3.8, 4) is 5.75 Å². The number of aliphatic imine (C=N–C) groups is 1. The summed E-state index contributed by atoms with van der Waals surface area (Å²) in [6.45, 7) is 4.62. The molecule has 0 bridgehead atoms. The first kappa shape index (κ1) is 10.0. The third-order valence-electron chi connectivity index (χ3n) is 2.32. The molecule has 1 heterocycles. The van der Waals surface area contributed by atoms with Crippen LogP contribution in [-0.4, -0.2) is 25.5 Å². The van der Waals surface area contributed by atoms with Gasteiger partial charge in [-0.05, 0) is 25.5 Å². The second-order valence-corrected chi connectivity index (χ2v) is 3.47. The molecule has 0 amide bonds. The molecule has 0 saturated carbocycles. The fourth-order valence-electron chi connectivity index (χ4n) is 1.63. The Morgan fingerprint density at radius 2 is 2.40 bits per heavy atom. The standard InChI is InChI=1S/C12H16N2O/c1-2-15-11-6-3-5-10(9-11)12-13-7-4-8-14-12/h3,5-6,9H,2,4,7-8H2,1H3,(H,13,14). The SMILES string of the molecule is CCOc1cccc(C2=NCCCN2)c1. The predicted molar refractivity (Wildman–Crippen MR) is 61.6 cm³/mol. The van der Waals surface area contributed by atoms with Crippen molar-refractivity contribution in [2.45, 2.75) is 13.3 Å². The van der Waals surface area contributed by atoms with Crippen molar-refractivity contribution in [2.24, 2.45) is 4.99 Å². The van der Waals surface area contributed by atoms with Crippen LogP contribution in [-0.2, 0) is 0 Å². The highest BCUT2D eigenvalue weighted by atomic mass is 16.5. The Hall–Kier alpha value is -1.51. The molecule has 0 radical (unpaired) electrons. The zero-order valence-electron chi connectivity index (χ0n) is 8.99. The zero-order chi connectivity index (χ0) is 10.5. The maximum absolute atomic E-state index is 5.45. The van der Waals surface area contributed by atoms with Gasteiger partial charge >= 0.3 is 0 Å². The van der Waals surface area contributed by atoms with Crippen LogP contribution in [0.5, 0.6) is 5.75 Å². The number of nitrogens with one attached hydrogen (secondary N) is 1. The molecule has 0 atom stereocenters. The van der Waals surface area contributed by atoms with Gasteiger partial charge in [0.25, 0.3) is 0 Å². The first-order valence-corrected chi connectivity index (χ1v) is 5.41. The maximum Gasteiger partial charge on any atom is 0.128 e. The van der Waals surface area contributed by atoms with E-state index in [1.165, 1.54) is 0 Å². The van der Waals surface area contributed by atoms with E-state index in [9.17, 15) is 0 Å². The highest BCUT2D eigenvalue weighted by Gasteiger charge is 2.07. The average Bonchev–Trinajstić information content (AvgIpc) is 2.31. The van der Waals surface area contributed by atoms with Gasteiger partial charge in [0.15, 0.2) is 0 Å². The van der Waals surface area contributed by atoms with Gasteiger partial charge < -0.3 is 10.1 Å². The molecule has 0 saturated heterocycles. The van der Waals surface area contributed by atoms with Gasteiger partial charge in [0.2, 0.25) is 0 Å². The van der Waals surface area contributed by atoms with Crippen molar-refractivity contribution in [3.63, 3.8) is 0 Å². The second-order valence-electron chi connectivity index (χ2n) is 3.47. The number of benzene rings is 1. The van der Waals surface area contributed by atoms with Gasteiger partial charge in [-0.2, -0.15) is 0 Å². The average molecular weight is 204 g/mol. The molecule has 0 fully saturated rings. The summed E-state index contributed by atoms with van der Waals surface area (Å²) < 4.78 is 5.45. The van der Waals surface area contributed by atoms with Crippen LogP contribution >= 0.6 is 0 Å². The number of hydrogen-bond acceptors (Lipinski definition) is 3. The molecule has 1 aliphatic rings. The van der Waals surface area contributed by atoms with Crippen LogP contribution in [0.2, 0.25) is 0 Å². The second kappa shape index (κ2) is 4.82. The van der Waals surface area contributed by atoms with E-state index in [0.717, 1.165) is 36.7 Å². The van der Waals surface area contributed by atoms with Crippen molar-refractivity contribution in [1.82, 2.24) is 5.32 Å². The van der Waals surface area contributed by atoms with Crippen LogP contribution < -0.4 is 10.1 Å². The maximum atomic E-state index is 5.45. The molecule has 3 nitrogen and oxygen atoms in total. The van der Waals surface area contributed by atoms with Crippen LogP contribution in [0.25, 0.3) is 0 Å². The fourth-order valence-corrected chi connectivity index (χ4v) is 1.63. The Labute approximate surface area is 90.2 Å². The Bertz CT molecular complexity index is 360. The Balaban J connectivity index is 2.20. The van der Waals surface area contributed by atoms with E-state index in [1.54, 1.807) is 0 Å². The van der Waals surface area contributed by atoms with E-state index >= 15 is 0 Å². The summed E-state index contributed by atoms with van der Waals surface area (Å²) in [5.74, 6) is 1.90. The van der Waals surface area contributed by atoms with Gasteiger partial charge in [0.1, 0.15) is 11.6 Å². The molecule has 1 aromatic carbocycles. The quantitative estimate of drug-likeness (QED) is 0.815. The van der Waals surface area contributed by atoms with E-state index in [-0.39, 0.29) is 0 Å². The molecule has 1 aromatic rings. The molecule has 1 N–H and O–H groups in total. The fraction of sp³-hybridized carbons (Fsp3) is 0.417. The Morgan fingerprint density at radius 1 is 1.47 bits per heavy atom. The predicted octanol–water partition coefficient (Wildman–Crippen LogP) is 1.83. The van der Waals surface area contributed by atoms with Gasteiger partial charge in [-0.15, -0.1) is 0 Å². The van der Waals surface area contributed by atoms with Crippen LogP contribution in [0.3, 0.4) is 0 Å². The van der Waals surface area contributed by atoms with Gasteiger partial charge in [-0.3, -0.25) is 4.99 Å². The van der Waals surface area contributed by atoms with Gasteiger partial charge in [0, 0.05) is 18.7 Å². The van der Waals surface area contributed by atoms with Crippen LogP contribution in [0.4, 0.5) is 0 Å². The number of hydrogen-bond donors (Lipinski definition) is 1. The molecule has 80 valence electrons. The van der Waals surface area contributed by atoms with Crippen molar-refractivity contribution in [2.75, 3.05) is 19.7 Å². The number of ether oxygens (including phenoxy) is 1. The Kier molecular flexibility index (Phi) is 3.22. The van der Waals surface area contributed by atoms with Crippen molar-refractivity contribution in [1.29, 1.82) is 0 Å². The largest absolute Gasteiger partial charge is 0.494 e. The molecule has 0 aromatic heterocycles. The van der Waals surface area contributed by atoms with E-state index in [1.807, 2.05) is 25.1 Å². The monoisotopic (exact) mass is 204 g/mol. The van der Waals surface area contributed by atoms with Crippen LogP contribution in [0.1, 0.15) is 18.9 Å². The topological polar surface area (TPSA) is 33.6 Å². The summed E-state index contributed by atoms with van der Waals surface area (Å²) >= 11 is 0. The number of nitrogens with zero attached hydrogens (tertiary/aromatic N) is 1. The van der Waals surface area contributed by atoms with Crippen molar-refractivity contribution >= 4 is 5.84 Å². The van der Waals surface area contributed by atoms with Crippen LogP contribution in [0.15, 0.2) is 29.3 Å². The molecular weight excluding hydrogens is 188 g/mol. The molecule has 15 heavy (non-hydrogen) atoms. The van der Waals surface area contributed by atoms with Crippen molar-refractivity contribution in [3.05, 3.63) is 29.8 Å². The molecule has 3 heteroatoms. The minimum atomic E-state index is 0.698. The lowest BCUT2D eigenvalue weighted by Crippen LogP contribution is -2.30. The summed E-state index contributed by atoms with van der Waals surface area (Å²) in [4.78, 5) is 4.45. The molecule has 0 spiro atoms.